The zero-order valence-corrected chi connectivity index (χ0v) is 13.2. The van der Waals surface area contributed by atoms with Gasteiger partial charge in [0.15, 0.2) is 0 Å². The predicted octanol–water partition coefficient (Wildman–Crippen LogP) is 3.86. The largest absolute Gasteiger partial charge is 0.490 e. The maximum Gasteiger partial charge on any atom is 0.138 e. The van der Waals surface area contributed by atoms with Gasteiger partial charge < -0.3 is 4.74 Å². The van der Waals surface area contributed by atoms with Crippen molar-refractivity contribution in [3.8, 4) is 11.8 Å². The van der Waals surface area contributed by atoms with Gasteiger partial charge in [-0.15, -0.1) is 0 Å². The molecule has 1 aromatic carbocycles. The van der Waals surface area contributed by atoms with Crippen molar-refractivity contribution in [2.45, 2.75) is 58.5 Å². The van der Waals surface area contributed by atoms with E-state index in [-0.39, 0.29) is 6.04 Å². The summed E-state index contributed by atoms with van der Waals surface area (Å²) in [5.74, 6) is 1.34. The van der Waals surface area contributed by atoms with E-state index >= 15 is 0 Å². The van der Waals surface area contributed by atoms with Gasteiger partial charge in [-0.25, -0.2) is 0 Å². The van der Waals surface area contributed by atoms with E-state index in [1.165, 1.54) is 5.56 Å². The Bertz CT molecular complexity index is 464. The van der Waals surface area contributed by atoms with Crippen molar-refractivity contribution < 1.29 is 4.74 Å². The van der Waals surface area contributed by atoms with Crippen LogP contribution in [0.5, 0.6) is 5.75 Å². The molecule has 0 saturated heterocycles. The molecule has 2 unspecified atom stereocenters. The summed E-state index contributed by atoms with van der Waals surface area (Å²) in [6.45, 7) is 10.6. The van der Waals surface area contributed by atoms with Crippen molar-refractivity contribution in [3.63, 3.8) is 0 Å². The summed E-state index contributed by atoms with van der Waals surface area (Å²) in [5, 5.41) is 12.6. The summed E-state index contributed by atoms with van der Waals surface area (Å²) in [5.41, 5.74) is 0.538. The van der Waals surface area contributed by atoms with Gasteiger partial charge in [0, 0.05) is 6.04 Å². The summed E-state index contributed by atoms with van der Waals surface area (Å²) < 4.78 is 5.93. The Morgan fingerprint density at radius 3 is 2.50 bits per heavy atom. The molecule has 1 N–H and O–H groups in total. The van der Waals surface area contributed by atoms with Crippen LogP contribution in [0.4, 0.5) is 0 Å². The Labute approximate surface area is 123 Å². The molecule has 1 aromatic rings. The number of hydrogen-bond acceptors (Lipinski definition) is 3. The molecule has 110 valence electrons. The lowest BCUT2D eigenvalue weighted by atomic mass is 9.97. The number of nitrogens with zero attached hydrogens (tertiary/aromatic N) is 1. The fourth-order valence-electron chi connectivity index (χ4n) is 2.20. The average Bonchev–Trinajstić information content (AvgIpc) is 2.44. The molecule has 0 aliphatic heterocycles. The minimum Gasteiger partial charge on any atom is -0.490 e. The molecule has 0 aliphatic rings. The second-order valence-corrected chi connectivity index (χ2v) is 5.88. The molecule has 0 heterocycles. The predicted molar refractivity (Wildman–Crippen MR) is 82.9 cm³/mol. The molecule has 0 radical (unpaired) electrons. The Kier molecular flexibility index (Phi) is 6.04. The number of para-hydroxylation sites is 1. The monoisotopic (exact) mass is 274 g/mol. The Morgan fingerprint density at radius 2 is 1.95 bits per heavy atom. The fraction of sp³-hybridized carbons (Fsp3) is 0.588. The third kappa shape index (κ3) is 4.54. The molecular formula is C17H26N2O. The van der Waals surface area contributed by atoms with Gasteiger partial charge in [0.05, 0.1) is 6.07 Å². The first-order valence-electron chi connectivity index (χ1n) is 7.32. The first kappa shape index (κ1) is 16.5. The lowest BCUT2D eigenvalue weighted by Crippen LogP contribution is -2.49. The van der Waals surface area contributed by atoms with E-state index in [1.54, 1.807) is 0 Å². The van der Waals surface area contributed by atoms with Gasteiger partial charge >= 0.3 is 0 Å². The van der Waals surface area contributed by atoms with Crippen molar-refractivity contribution in [1.29, 1.82) is 5.26 Å². The van der Waals surface area contributed by atoms with E-state index in [4.69, 9.17) is 4.74 Å². The molecule has 3 heteroatoms. The molecule has 0 amide bonds. The minimum absolute atomic E-state index is 0.244. The molecule has 3 nitrogen and oxygen atoms in total. The van der Waals surface area contributed by atoms with Crippen molar-refractivity contribution in [2.75, 3.05) is 6.61 Å². The van der Waals surface area contributed by atoms with Crippen LogP contribution in [0.25, 0.3) is 0 Å². The quantitative estimate of drug-likeness (QED) is 0.821. The zero-order valence-electron chi connectivity index (χ0n) is 13.2. The molecule has 0 bridgehead atoms. The first-order chi connectivity index (χ1) is 9.41. The molecule has 2 atom stereocenters. The first-order valence-corrected chi connectivity index (χ1v) is 7.32. The summed E-state index contributed by atoms with van der Waals surface area (Å²) in [6, 6.07) is 10.6. The zero-order chi connectivity index (χ0) is 15.2. The van der Waals surface area contributed by atoms with Crippen molar-refractivity contribution in [2.24, 2.45) is 0 Å². The van der Waals surface area contributed by atoms with Crippen LogP contribution in [0.15, 0.2) is 24.3 Å². The Morgan fingerprint density at radius 1 is 1.30 bits per heavy atom. The number of benzene rings is 1. The number of nitrogens with one attached hydrogen (secondary N) is 1. The summed E-state index contributed by atoms with van der Waals surface area (Å²) in [6.07, 6.45) is 1.07. The van der Waals surface area contributed by atoms with Gasteiger partial charge in [-0.3, -0.25) is 5.32 Å². The number of rotatable bonds is 7. The molecule has 0 fully saturated rings. The van der Waals surface area contributed by atoms with Gasteiger partial charge in [-0.2, -0.15) is 5.26 Å². The van der Waals surface area contributed by atoms with Gasteiger partial charge in [-0.05, 0) is 44.7 Å². The summed E-state index contributed by atoms with van der Waals surface area (Å²) in [4.78, 5) is 0. The minimum atomic E-state index is -0.670. The number of ether oxygens (including phenoxy) is 1. The highest BCUT2D eigenvalue weighted by molar-refractivity contribution is 5.36. The molecule has 20 heavy (non-hydrogen) atoms. The fourth-order valence-corrected chi connectivity index (χ4v) is 2.20. The summed E-state index contributed by atoms with van der Waals surface area (Å²) in [7, 11) is 0. The van der Waals surface area contributed by atoms with E-state index in [0.717, 1.165) is 12.2 Å². The Balaban J connectivity index is 2.82. The number of nitriles is 1. The number of hydrogen-bond donors (Lipinski definition) is 1. The maximum absolute atomic E-state index is 9.34. The summed E-state index contributed by atoms with van der Waals surface area (Å²) >= 11 is 0. The third-order valence-corrected chi connectivity index (χ3v) is 3.43. The van der Waals surface area contributed by atoms with Crippen LogP contribution in [0.2, 0.25) is 0 Å². The van der Waals surface area contributed by atoms with E-state index in [2.05, 4.69) is 31.3 Å². The van der Waals surface area contributed by atoms with Crippen LogP contribution in [0.3, 0.4) is 0 Å². The van der Waals surface area contributed by atoms with E-state index in [9.17, 15) is 5.26 Å². The van der Waals surface area contributed by atoms with Crippen LogP contribution < -0.4 is 10.1 Å². The lowest BCUT2D eigenvalue weighted by molar-refractivity contribution is 0.222. The molecule has 0 aromatic heterocycles. The smallest absolute Gasteiger partial charge is 0.138 e. The van der Waals surface area contributed by atoms with Crippen LogP contribution in [-0.2, 0) is 0 Å². The molecule has 1 rings (SSSR count). The van der Waals surface area contributed by atoms with Crippen LogP contribution >= 0.6 is 0 Å². The highest BCUT2D eigenvalue weighted by Crippen LogP contribution is 2.28. The molecule has 0 aliphatic carbocycles. The van der Waals surface area contributed by atoms with Crippen molar-refractivity contribution in [3.05, 3.63) is 29.8 Å². The maximum atomic E-state index is 9.34. The van der Waals surface area contributed by atoms with Crippen LogP contribution in [-0.4, -0.2) is 18.2 Å². The standard InChI is InChI=1S/C17H26N2O/c1-6-14(4)15-9-7-8-10-16(15)20-12-17(5,11-18)19-13(2)3/h7-10,13-14,19H,6,12H2,1-5H3. The second kappa shape index (κ2) is 7.31. The van der Waals surface area contributed by atoms with Gasteiger partial charge in [0.2, 0.25) is 0 Å². The van der Waals surface area contributed by atoms with E-state index in [0.29, 0.717) is 12.5 Å². The van der Waals surface area contributed by atoms with E-state index in [1.807, 2.05) is 39.0 Å². The van der Waals surface area contributed by atoms with Crippen LogP contribution in [0.1, 0.15) is 52.5 Å². The van der Waals surface area contributed by atoms with Crippen molar-refractivity contribution >= 4 is 0 Å². The van der Waals surface area contributed by atoms with Gasteiger partial charge in [-0.1, -0.05) is 32.0 Å². The van der Waals surface area contributed by atoms with Gasteiger partial charge in [0.25, 0.3) is 0 Å². The van der Waals surface area contributed by atoms with Gasteiger partial charge in [0.1, 0.15) is 17.9 Å². The molecular weight excluding hydrogens is 248 g/mol. The topological polar surface area (TPSA) is 45.0 Å². The molecule has 0 saturated carbocycles. The van der Waals surface area contributed by atoms with Crippen LogP contribution in [0, 0.1) is 11.3 Å². The Hall–Kier alpha value is -1.53. The van der Waals surface area contributed by atoms with Crippen molar-refractivity contribution in [1.82, 2.24) is 5.32 Å². The molecule has 0 spiro atoms. The highest BCUT2D eigenvalue weighted by atomic mass is 16.5. The van der Waals surface area contributed by atoms with E-state index < -0.39 is 5.54 Å². The lowest BCUT2D eigenvalue weighted by Gasteiger charge is -2.27. The average molecular weight is 274 g/mol. The normalized spacial score (nSPS) is 15.4. The second-order valence-electron chi connectivity index (χ2n) is 5.88. The highest BCUT2D eigenvalue weighted by Gasteiger charge is 2.26. The third-order valence-electron chi connectivity index (χ3n) is 3.43. The SMILES string of the molecule is CCC(C)c1ccccc1OCC(C)(C#N)NC(C)C.